The lowest BCUT2D eigenvalue weighted by molar-refractivity contribution is 0.102. The van der Waals surface area contributed by atoms with Gasteiger partial charge >= 0.3 is 0 Å². The Morgan fingerprint density at radius 2 is 1.89 bits per heavy atom. The van der Waals surface area contributed by atoms with E-state index < -0.39 is 0 Å². The summed E-state index contributed by atoms with van der Waals surface area (Å²) < 4.78 is 0. The molecule has 0 spiro atoms. The molecule has 0 saturated carbocycles. The largest absolute Gasteiger partial charge is 0.303 e. The maximum Gasteiger partial charge on any atom is 0.172 e. The van der Waals surface area contributed by atoms with Crippen molar-refractivity contribution in [1.29, 1.82) is 5.26 Å². The van der Waals surface area contributed by atoms with E-state index in [-0.39, 0.29) is 5.78 Å². The zero-order valence-electron chi connectivity index (χ0n) is 11.6. The van der Waals surface area contributed by atoms with E-state index in [0.29, 0.717) is 16.9 Å². The predicted molar refractivity (Wildman–Crippen MR) is 80.6 cm³/mol. The van der Waals surface area contributed by atoms with E-state index in [0.717, 1.165) is 25.4 Å². The molecule has 0 fully saturated rings. The van der Waals surface area contributed by atoms with Crippen molar-refractivity contribution < 1.29 is 4.79 Å². The normalized spacial score (nSPS) is 10.4. The minimum atomic E-state index is 0.133. The van der Waals surface area contributed by atoms with Crippen molar-refractivity contribution in [2.75, 3.05) is 31.1 Å². The molecular formula is C15H20N2OS. The average Bonchev–Trinajstić information content (AvgIpc) is 2.47. The van der Waals surface area contributed by atoms with Crippen LogP contribution in [0.3, 0.4) is 0 Å². The monoisotopic (exact) mass is 276 g/mol. The summed E-state index contributed by atoms with van der Waals surface area (Å²) in [4.78, 5) is 14.3. The number of hydrogen-bond acceptors (Lipinski definition) is 4. The molecule has 0 aliphatic heterocycles. The number of benzene rings is 1. The van der Waals surface area contributed by atoms with Crippen LogP contribution < -0.4 is 0 Å². The van der Waals surface area contributed by atoms with Gasteiger partial charge in [0.1, 0.15) is 0 Å². The van der Waals surface area contributed by atoms with Crippen LogP contribution in [-0.2, 0) is 0 Å². The van der Waals surface area contributed by atoms with Gasteiger partial charge in [-0.15, -0.1) is 0 Å². The number of hydrogen-bond donors (Lipinski definition) is 0. The van der Waals surface area contributed by atoms with Gasteiger partial charge in [0.05, 0.1) is 17.4 Å². The smallest absolute Gasteiger partial charge is 0.172 e. The number of nitrogens with zero attached hydrogens (tertiary/aromatic N) is 2. The summed E-state index contributed by atoms with van der Waals surface area (Å²) in [7, 11) is 0. The fourth-order valence-electron chi connectivity index (χ4n) is 1.71. The van der Waals surface area contributed by atoms with Crippen molar-refractivity contribution in [2.24, 2.45) is 0 Å². The van der Waals surface area contributed by atoms with Crippen LogP contribution in [-0.4, -0.2) is 41.8 Å². The van der Waals surface area contributed by atoms with Gasteiger partial charge in [-0.3, -0.25) is 4.79 Å². The van der Waals surface area contributed by atoms with E-state index in [1.54, 1.807) is 36.0 Å². The van der Waals surface area contributed by atoms with Crippen molar-refractivity contribution in [2.45, 2.75) is 13.8 Å². The molecule has 0 amide bonds. The molecule has 0 N–H and O–H groups in total. The van der Waals surface area contributed by atoms with Gasteiger partial charge in [0, 0.05) is 17.9 Å². The third-order valence-electron chi connectivity index (χ3n) is 3.02. The lowest BCUT2D eigenvalue weighted by Crippen LogP contribution is -2.25. The van der Waals surface area contributed by atoms with Gasteiger partial charge in [0.25, 0.3) is 0 Å². The van der Waals surface area contributed by atoms with E-state index in [9.17, 15) is 4.79 Å². The van der Waals surface area contributed by atoms with Crippen LogP contribution in [0.2, 0.25) is 0 Å². The Labute approximate surface area is 119 Å². The highest BCUT2D eigenvalue weighted by atomic mass is 32.2. The third kappa shape index (κ3) is 5.46. The van der Waals surface area contributed by atoms with E-state index >= 15 is 0 Å². The summed E-state index contributed by atoms with van der Waals surface area (Å²) >= 11 is 1.67. The molecule has 3 nitrogen and oxygen atoms in total. The van der Waals surface area contributed by atoms with Gasteiger partial charge < -0.3 is 4.90 Å². The Hall–Kier alpha value is -1.31. The lowest BCUT2D eigenvalue weighted by atomic mass is 10.1. The molecule has 4 heteroatoms. The fourth-order valence-corrected chi connectivity index (χ4v) is 2.60. The molecular weight excluding hydrogens is 256 g/mol. The molecule has 1 aromatic carbocycles. The van der Waals surface area contributed by atoms with E-state index in [1.165, 1.54) is 0 Å². The first-order valence-electron chi connectivity index (χ1n) is 6.54. The van der Waals surface area contributed by atoms with E-state index in [2.05, 4.69) is 18.7 Å². The highest BCUT2D eigenvalue weighted by Crippen LogP contribution is 2.09. The van der Waals surface area contributed by atoms with Crippen molar-refractivity contribution in [3.8, 4) is 6.07 Å². The van der Waals surface area contributed by atoms with Gasteiger partial charge in [0.15, 0.2) is 5.78 Å². The molecule has 0 aromatic heterocycles. The molecule has 0 aliphatic rings. The van der Waals surface area contributed by atoms with Crippen molar-refractivity contribution >= 4 is 17.5 Å². The lowest BCUT2D eigenvalue weighted by Gasteiger charge is -2.17. The molecule has 19 heavy (non-hydrogen) atoms. The van der Waals surface area contributed by atoms with Gasteiger partial charge in [-0.05, 0) is 25.2 Å². The van der Waals surface area contributed by atoms with Crippen LogP contribution in [0.4, 0.5) is 0 Å². The summed E-state index contributed by atoms with van der Waals surface area (Å²) in [5.74, 6) is 1.62. The summed E-state index contributed by atoms with van der Waals surface area (Å²) in [6.45, 7) is 7.44. The Kier molecular flexibility index (Phi) is 7.24. The number of nitriles is 1. The number of carbonyl (C=O) groups excluding carboxylic acids is 1. The topological polar surface area (TPSA) is 44.1 Å². The molecule has 0 radical (unpaired) electrons. The van der Waals surface area contributed by atoms with Crippen LogP contribution in [0, 0.1) is 11.3 Å². The average molecular weight is 276 g/mol. The molecule has 0 bridgehead atoms. The number of Topliss-reactive ketones (excluding diaryl/α,β-unsaturated/α-hetero) is 1. The molecule has 1 rings (SSSR count). The second-order valence-electron chi connectivity index (χ2n) is 4.19. The minimum absolute atomic E-state index is 0.133. The number of ketones is 1. The van der Waals surface area contributed by atoms with Crippen molar-refractivity contribution in [1.82, 2.24) is 4.90 Å². The summed E-state index contributed by atoms with van der Waals surface area (Å²) in [5, 5.41) is 8.70. The van der Waals surface area contributed by atoms with Crippen molar-refractivity contribution in [3.05, 3.63) is 35.4 Å². The molecule has 0 heterocycles. The van der Waals surface area contributed by atoms with Crippen LogP contribution >= 0.6 is 11.8 Å². The Balaban J connectivity index is 2.33. The van der Waals surface area contributed by atoms with Gasteiger partial charge in [-0.25, -0.2) is 0 Å². The number of rotatable bonds is 8. The SMILES string of the molecule is CCN(CC)CCSCC(=O)c1ccc(C#N)cc1. The number of carbonyl (C=O) groups is 1. The van der Waals surface area contributed by atoms with Gasteiger partial charge in [-0.2, -0.15) is 17.0 Å². The van der Waals surface area contributed by atoms with Crippen molar-refractivity contribution in [3.63, 3.8) is 0 Å². The Morgan fingerprint density at radius 1 is 1.26 bits per heavy atom. The van der Waals surface area contributed by atoms with Gasteiger partial charge in [0.2, 0.25) is 0 Å². The summed E-state index contributed by atoms with van der Waals surface area (Å²) in [5.41, 5.74) is 1.28. The molecule has 0 unspecified atom stereocenters. The first kappa shape index (κ1) is 15.7. The maximum absolute atomic E-state index is 11.9. The Morgan fingerprint density at radius 3 is 2.42 bits per heavy atom. The van der Waals surface area contributed by atoms with E-state index in [4.69, 9.17) is 5.26 Å². The summed E-state index contributed by atoms with van der Waals surface area (Å²) in [6, 6.07) is 8.88. The second-order valence-corrected chi connectivity index (χ2v) is 5.30. The Bertz CT molecular complexity index is 432. The fraction of sp³-hybridized carbons (Fsp3) is 0.467. The zero-order chi connectivity index (χ0) is 14.1. The zero-order valence-corrected chi connectivity index (χ0v) is 12.4. The molecule has 0 aliphatic carbocycles. The number of thioether (sulfide) groups is 1. The molecule has 1 aromatic rings. The molecule has 102 valence electrons. The predicted octanol–water partition coefficient (Wildman–Crippen LogP) is 2.82. The van der Waals surface area contributed by atoms with Crippen LogP contribution in [0.25, 0.3) is 0 Å². The first-order valence-corrected chi connectivity index (χ1v) is 7.70. The summed E-state index contributed by atoms with van der Waals surface area (Å²) in [6.07, 6.45) is 0. The minimum Gasteiger partial charge on any atom is -0.303 e. The quantitative estimate of drug-likeness (QED) is 0.541. The first-order chi connectivity index (χ1) is 9.21. The van der Waals surface area contributed by atoms with Crippen LogP contribution in [0.15, 0.2) is 24.3 Å². The highest BCUT2D eigenvalue weighted by molar-refractivity contribution is 8.00. The molecule has 0 saturated heterocycles. The van der Waals surface area contributed by atoms with E-state index in [1.807, 2.05) is 6.07 Å². The maximum atomic E-state index is 11.9. The standard InChI is InChI=1S/C15H20N2OS/c1-3-17(4-2)9-10-19-12-15(18)14-7-5-13(11-16)6-8-14/h5-8H,3-4,9-10,12H2,1-2H3. The van der Waals surface area contributed by atoms with Crippen LogP contribution in [0.1, 0.15) is 29.8 Å². The highest BCUT2D eigenvalue weighted by Gasteiger charge is 2.06. The molecule has 0 atom stereocenters. The third-order valence-corrected chi connectivity index (χ3v) is 3.95. The van der Waals surface area contributed by atoms with Gasteiger partial charge in [-0.1, -0.05) is 26.0 Å². The van der Waals surface area contributed by atoms with Crippen LogP contribution in [0.5, 0.6) is 0 Å². The second kappa shape index (κ2) is 8.73.